The van der Waals surface area contributed by atoms with Crippen LogP contribution < -0.4 is 19.5 Å². The number of amides is 1. The molecule has 1 atom stereocenters. The van der Waals surface area contributed by atoms with E-state index in [0.717, 1.165) is 27.8 Å². The van der Waals surface area contributed by atoms with Crippen LogP contribution in [0, 0.1) is 5.82 Å². The van der Waals surface area contributed by atoms with Crippen molar-refractivity contribution < 1.29 is 28.5 Å². The summed E-state index contributed by atoms with van der Waals surface area (Å²) in [4.78, 5) is 17.0. The van der Waals surface area contributed by atoms with Crippen molar-refractivity contribution in [1.82, 2.24) is 10.3 Å². The number of rotatable bonds is 8. The van der Waals surface area contributed by atoms with E-state index in [1.807, 2.05) is 44.2 Å². The van der Waals surface area contributed by atoms with Crippen molar-refractivity contribution in [1.29, 1.82) is 0 Å². The number of aryl methyl sites for hydroxylation is 1. The van der Waals surface area contributed by atoms with Gasteiger partial charge < -0.3 is 29.6 Å². The summed E-state index contributed by atoms with van der Waals surface area (Å²) in [5.74, 6) is 0.971. The van der Waals surface area contributed by atoms with Crippen molar-refractivity contribution in [3.05, 3.63) is 77.2 Å². The van der Waals surface area contributed by atoms with Crippen molar-refractivity contribution >= 4 is 16.8 Å². The standard InChI is InChI=1S/C31H33FN2O5/c1-18(2)39-26-10-8-19(20-9-11-27(37-3)28(15-20)38-4)14-22(26)30(36)34-31(17-35)13-12-25-23(16-31)21-6-5-7-24(32)29(21)33-25/h5-11,14-15,18,33,35H,12-13,16-17H2,1-4H3,(H,34,36). The van der Waals surface area contributed by atoms with Crippen LogP contribution in [-0.2, 0) is 12.8 Å². The van der Waals surface area contributed by atoms with Gasteiger partial charge in [-0.15, -0.1) is 0 Å². The molecule has 0 saturated heterocycles. The number of methoxy groups -OCH3 is 2. The second-order valence-corrected chi connectivity index (χ2v) is 10.3. The SMILES string of the molecule is COc1ccc(-c2ccc(OC(C)C)c(C(=O)NC3(CO)CCc4[nH]c5c(F)cccc5c4C3)c2)cc1OC. The van der Waals surface area contributed by atoms with Gasteiger partial charge in [0.05, 0.1) is 43.5 Å². The Hall–Kier alpha value is -4.04. The Kier molecular flexibility index (Phi) is 7.23. The van der Waals surface area contributed by atoms with Crippen molar-refractivity contribution in [2.24, 2.45) is 0 Å². The number of carbonyl (C=O) groups excluding carboxylic acids is 1. The van der Waals surface area contributed by atoms with Gasteiger partial charge in [-0.3, -0.25) is 4.79 Å². The molecular weight excluding hydrogens is 499 g/mol. The van der Waals surface area contributed by atoms with Gasteiger partial charge in [-0.05, 0) is 73.7 Å². The van der Waals surface area contributed by atoms with Crippen LogP contribution in [0.4, 0.5) is 4.39 Å². The highest BCUT2D eigenvalue weighted by Gasteiger charge is 2.38. The van der Waals surface area contributed by atoms with Gasteiger partial charge in [0.2, 0.25) is 0 Å². The summed E-state index contributed by atoms with van der Waals surface area (Å²) in [6, 6.07) is 16.0. The zero-order valence-corrected chi connectivity index (χ0v) is 22.6. The number of fused-ring (bicyclic) bond motifs is 3. The minimum atomic E-state index is -0.903. The van der Waals surface area contributed by atoms with E-state index in [4.69, 9.17) is 14.2 Å². The fourth-order valence-corrected chi connectivity index (χ4v) is 5.35. The Balaban J connectivity index is 1.50. The molecule has 1 aromatic heterocycles. The van der Waals surface area contributed by atoms with E-state index in [9.17, 15) is 14.3 Å². The topological polar surface area (TPSA) is 92.8 Å². The molecule has 0 saturated carbocycles. The monoisotopic (exact) mass is 532 g/mol. The van der Waals surface area contributed by atoms with Crippen LogP contribution in [0.2, 0.25) is 0 Å². The first kappa shape index (κ1) is 26.6. The molecule has 0 spiro atoms. The van der Waals surface area contributed by atoms with Crippen molar-refractivity contribution in [2.75, 3.05) is 20.8 Å². The number of nitrogens with one attached hydrogen (secondary N) is 2. The summed E-state index contributed by atoms with van der Waals surface area (Å²) in [6.07, 6.45) is 1.32. The molecule has 1 amide bonds. The lowest BCUT2D eigenvalue weighted by molar-refractivity contribution is 0.0803. The quantitative estimate of drug-likeness (QED) is 0.282. The van der Waals surface area contributed by atoms with Gasteiger partial charge in [0, 0.05) is 17.5 Å². The van der Waals surface area contributed by atoms with E-state index < -0.39 is 5.54 Å². The molecule has 39 heavy (non-hydrogen) atoms. The summed E-state index contributed by atoms with van der Waals surface area (Å²) in [5.41, 5.74) is 3.42. The summed E-state index contributed by atoms with van der Waals surface area (Å²) in [7, 11) is 3.15. The Morgan fingerprint density at radius 1 is 1.05 bits per heavy atom. The summed E-state index contributed by atoms with van der Waals surface area (Å²) in [5, 5.41) is 14.4. The zero-order chi connectivity index (χ0) is 27.7. The van der Waals surface area contributed by atoms with E-state index in [2.05, 4.69) is 10.3 Å². The van der Waals surface area contributed by atoms with E-state index in [1.54, 1.807) is 32.4 Å². The van der Waals surface area contributed by atoms with Crippen LogP contribution >= 0.6 is 0 Å². The molecule has 7 nitrogen and oxygen atoms in total. The number of halogens is 1. The molecule has 0 bridgehead atoms. The molecule has 0 radical (unpaired) electrons. The molecule has 4 aromatic rings. The molecule has 3 N–H and O–H groups in total. The molecule has 1 unspecified atom stereocenters. The normalized spacial score (nSPS) is 16.7. The van der Waals surface area contributed by atoms with Gasteiger partial charge in [-0.25, -0.2) is 4.39 Å². The van der Waals surface area contributed by atoms with Crippen molar-refractivity contribution in [3.63, 3.8) is 0 Å². The molecule has 5 rings (SSSR count). The lowest BCUT2D eigenvalue weighted by Crippen LogP contribution is -2.54. The summed E-state index contributed by atoms with van der Waals surface area (Å²) in [6.45, 7) is 3.55. The first-order valence-corrected chi connectivity index (χ1v) is 13.0. The fraction of sp³-hybridized carbons (Fsp3) is 0.323. The maximum Gasteiger partial charge on any atom is 0.255 e. The van der Waals surface area contributed by atoms with Gasteiger partial charge in [-0.1, -0.05) is 24.3 Å². The number of carbonyl (C=O) groups is 1. The van der Waals surface area contributed by atoms with Gasteiger partial charge in [-0.2, -0.15) is 0 Å². The number of hydrogen-bond acceptors (Lipinski definition) is 5. The number of benzene rings is 3. The van der Waals surface area contributed by atoms with Gasteiger partial charge in [0.25, 0.3) is 5.91 Å². The third-order valence-corrected chi connectivity index (χ3v) is 7.33. The predicted octanol–water partition coefficient (Wildman–Crippen LogP) is 5.43. The van der Waals surface area contributed by atoms with E-state index in [0.29, 0.717) is 47.6 Å². The number of aromatic nitrogens is 1. The molecule has 204 valence electrons. The Labute approximate surface area is 226 Å². The largest absolute Gasteiger partial charge is 0.493 e. The lowest BCUT2D eigenvalue weighted by Gasteiger charge is -2.37. The number of hydrogen-bond donors (Lipinski definition) is 3. The summed E-state index contributed by atoms with van der Waals surface area (Å²) < 4.78 is 31.2. The van der Waals surface area contributed by atoms with Crippen molar-refractivity contribution in [2.45, 2.75) is 44.8 Å². The molecule has 1 heterocycles. The van der Waals surface area contributed by atoms with Crippen LogP contribution in [0.25, 0.3) is 22.0 Å². The molecular formula is C31H33FN2O5. The second kappa shape index (κ2) is 10.6. The number of aliphatic hydroxyl groups is 1. The van der Waals surface area contributed by atoms with Gasteiger partial charge >= 0.3 is 0 Å². The van der Waals surface area contributed by atoms with Gasteiger partial charge in [0.15, 0.2) is 11.5 Å². The highest BCUT2D eigenvalue weighted by molar-refractivity contribution is 5.99. The average molecular weight is 533 g/mol. The van der Waals surface area contributed by atoms with Crippen LogP contribution in [0.1, 0.15) is 41.9 Å². The maximum absolute atomic E-state index is 14.4. The van der Waals surface area contributed by atoms with Crippen LogP contribution in [-0.4, -0.2) is 48.5 Å². The molecule has 1 aliphatic carbocycles. The number of aliphatic hydroxyl groups excluding tert-OH is 1. The number of H-pyrrole nitrogens is 1. The highest BCUT2D eigenvalue weighted by Crippen LogP contribution is 2.37. The van der Waals surface area contributed by atoms with Gasteiger partial charge in [0.1, 0.15) is 11.6 Å². The second-order valence-electron chi connectivity index (χ2n) is 10.3. The van der Waals surface area contributed by atoms with Crippen LogP contribution in [0.5, 0.6) is 17.2 Å². The van der Waals surface area contributed by atoms with E-state index in [-0.39, 0.29) is 24.4 Å². The number of ether oxygens (including phenoxy) is 3. The Morgan fingerprint density at radius 2 is 1.77 bits per heavy atom. The third kappa shape index (κ3) is 5.04. The molecule has 1 aliphatic rings. The highest BCUT2D eigenvalue weighted by atomic mass is 19.1. The zero-order valence-electron chi connectivity index (χ0n) is 22.6. The third-order valence-electron chi connectivity index (χ3n) is 7.33. The van der Waals surface area contributed by atoms with Crippen LogP contribution in [0.3, 0.4) is 0 Å². The first-order valence-electron chi connectivity index (χ1n) is 13.0. The first-order chi connectivity index (χ1) is 18.8. The van der Waals surface area contributed by atoms with E-state index >= 15 is 0 Å². The number of aromatic amines is 1. The predicted molar refractivity (Wildman–Crippen MR) is 148 cm³/mol. The average Bonchev–Trinajstić information content (AvgIpc) is 3.31. The fourth-order valence-electron chi connectivity index (χ4n) is 5.35. The maximum atomic E-state index is 14.4. The van der Waals surface area contributed by atoms with Crippen LogP contribution in [0.15, 0.2) is 54.6 Å². The number of para-hydroxylation sites is 1. The Morgan fingerprint density at radius 3 is 2.46 bits per heavy atom. The summed E-state index contributed by atoms with van der Waals surface area (Å²) >= 11 is 0. The smallest absolute Gasteiger partial charge is 0.255 e. The minimum Gasteiger partial charge on any atom is -0.493 e. The van der Waals surface area contributed by atoms with E-state index in [1.165, 1.54) is 6.07 Å². The Bertz CT molecular complexity index is 1530. The minimum absolute atomic E-state index is 0.145. The molecule has 8 heteroatoms. The molecule has 3 aromatic carbocycles. The molecule has 0 fully saturated rings. The lowest BCUT2D eigenvalue weighted by atomic mass is 9.80. The molecule has 0 aliphatic heterocycles. The van der Waals surface area contributed by atoms with Crippen molar-refractivity contribution in [3.8, 4) is 28.4 Å².